The van der Waals surface area contributed by atoms with Crippen molar-refractivity contribution in [2.24, 2.45) is 0 Å². The van der Waals surface area contributed by atoms with Gasteiger partial charge in [0.15, 0.2) is 0 Å². The number of alkyl halides is 3. The van der Waals surface area contributed by atoms with Crippen molar-refractivity contribution in [3.8, 4) is 12.1 Å². The summed E-state index contributed by atoms with van der Waals surface area (Å²) in [5, 5.41) is 9.22. The third-order valence-corrected chi connectivity index (χ3v) is 9.65. The topological polar surface area (TPSA) is 71.8 Å². The second-order valence-corrected chi connectivity index (χ2v) is 12.7. The minimum absolute atomic E-state index is 0.00365. The van der Waals surface area contributed by atoms with Crippen molar-refractivity contribution < 1.29 is 17.9 Å². The molecule has 4 heterocycles. The molecule has 0 amide bonds. The van der Waals surface area contributed by atoms with Crippen LogP contribution in [0.2, 0.25) is 5.02 Å². The van der Waals surface area contributed by atoms with Crippen molar-refractivity contribution in [3.63, 3.8) is 0 Å². The molecule has 1 aromatic heterocycles. The molecule has 1 aliphatic carbocycles. The molecule has 0 radical (unpaired) electrons. The molecule has 3 aliphatic heterocycles. The summed E-state index contributed by atoms with van der Waals surface area (Å²) in [5.74, 6) is 0.769. The van der Waals surface area contributed by atoms with E-state index in [1.165, 1.54) is 25.0 Å². The molecule has 1 saturated carbocycles. The van der Waals surface area contributed by atoms with Crippen molar-refractivity contribution in [1.82, 2.24) is 19.8 Å². The number of rotatable bonds is 9. The normalized spacial score (nSPS) is 21.9. The van der Waals surface area contributed by atoms with Crippen molar-refractivity contribution >= 4 is 23.1 Å². The molecule has 0 bridgehead atoms. The fourth-order valence-electron chi connectivity index (χ4n) is 6.80. The Labute approximate surface area is 262 Å². The molecule has 0 N–H and O–H groups in total. The minimum Gasteiger partial charge on any atom is -0.457 e. The van der Waals surface area contributed by atoms with Gasteiger partial charge in [0.1, 0.15) is 11.4 Å². The van der Waals surface area contributed by atoms with Crippen molar-refractivity contribution in [2.45, 2.75) is 76.2 Å². The van der Waals surface area contributed by atoms with Gasteiger partial charge < -0.3 is 24.3 Å². The van der Waals surface area contributed by atoms with Gasteiger partial charge in [-0.2, -0.15) is 28.4 Å². The predicted molar refractivity (Wildman–Crippen MR) is 164 cm³/mol. The molecule has 6 rings (SSSR count). The van der Waals surface area contributed by atoms with E-state index in [2.05, 4.69) is 20.8 Å². The third kappa shape index (κ3) is 6.57. The van der Waals surface area contributed by atoms with Crippen LogP contribution in [-0.4, -0.2) is 77.2 Å². The molecule has 1 atom stereocenters. The molecule has 8 nitrogen and oxygen atoms in total. The number of likely N-dealkylation sites (tertiary alicyclic amines) is 1. The lowest BCUT2D eigenvalue weighted by Crippen LogP contribution is -2.51. The maximum Gasteiger partial charge on any atom is 0.419 e. The van der Waals surface area contributed by atoms with Crippen LogP contribution in [0, 0.1) is 11.3 Å². The van der Waals surface area contributed by atoms with Crippen molar-refractivity contribution in [2.75, 3.05) is 55.6 Å². The number of allylic oxidation sites excluding steroid dienone is 1. The summed E-state index contributed by atoms with van der Waals surface area (Å²) in [6.07, 6.45) is 5.52. The lowest BCUT2D eigenvalue weighted by atomic mass is 10.0. The van der Waals surface area contributed by atoms with E-state index < -0.39 is 11.7 Å². The van der Waals surface area contributed by atoms with E-state index in [9.17, 15) is 18.4 Å². The molecule has 3 fully saturated rings. The standard InChI is InChI=1S/C32H39ClF3N7O/c1-2-14-41-19-20-43(21-23(41)8-13-37)29-24-9-17-42(27-7-5-6-25(33)28(27)32(34,35)36)22-26(24)38-30(39-29)44-31(10-11-31)12-18-40-15-3-4-16-40/h2,5-7,14,23H,3-4,8-12,15-22H2,1H3. The van der Waals surface area contributed by atoms with E-state index >= 15 is 0 Å². The van der Waals surface area contributed by atoms with Gasteiger partial charge >= 0.3 is 12.2 Å². The van der Waals surface area contributed by atoms with Crippen LogP contribution in [0.3, 0.4) is 0 Å². The summed E-state index contributed by atoms with van der Waals surface area (Å²) in [6, 6.07) is 6.91. The first-order valence-corrected chi connectivity index (χ1v) is 16.0. The van der Waals surface area contributed by atoms with Crippen LogP contribution >= 0.6 is 11.6 Å². The van der Waals surface area contributed by atoms with Crippen LogP contribution in [0.5, 0.6) is 6.01 Å². The van der Waals surface area contributed by atoms with Crippen LogP contribution in [0.25, 0.3) is 0 Å². The highest BCUT2D eigenvalue weighted by Crippen LogP contribution is 2.45. The average molecular weight is 630 g/mol. The highest BCUT2D eigenvalue weighted by molar-refractivity contribution is 6.31. The van der Waals surface area contributed by atoms with Gasteiger partial charge in [0.05, 0.1) is 47.0 Å². The predicted octanol–water partition coefficient (Wildman–Crippen LogP) is 6.05. The number of anilines is 2. The zero-order chi connectivity index (χ0) is 30.9. The van der Waals surface area contributed by atoms with E-state index in [0.29, 0.717) is 38.2 Å². The minimum atomic E-state index is -4.59. The van der Waals surface area contributed by atoms with Crippen LogP contribution in [0.1, 0.15) is 62.3 Å². The largest absolute Gasteiger partial charge is 0.457 e. The summed E-state index contributed by atoms with van der Waals surface area (Å²) >= 11 is 6.08. The van der Waals surface area contributed by atoms with E-state index in [4.69, 9.17) is 26.3 Å². The molecular weight excluding hydrogens is 591 g/mol. The first-order chi connectivity index (χ1) is 21.2. The van der Waals surface area contributed by atoms with Gasteiger partial charge in [0.25, 0.3) is 0 Å². The SMILES string of the molecule is CC=CN1CCN(c2nc(OC3(CCN4CCCC4)CC3)nc3c2CCN(c2cccc(Cl)c2C(F)(F)F)C3)CC1CC#N. The number of hydrogen-bond donors (Lipinski definition) is 0. The molecule has 2 aromatic rings. The molecule has 236 valence electrons. The Balaban J connectivity index is 1.32. The average Bonchev–Trinajstić information content (AvgIpc) is 3.54. The second kappa shape index (κ2) is 12.6. The molecule has 4 aliphatic rings. The molecule has 1 unspecified atom stereocenters. The molecular formula is C32H39ClF3N7O. The van der Waals surface area contributed by atoms with Crippen molar-refractivity contribution in [1.29, 1.82) is 5.26 Å². The van der Waals surface area contributed by atoms with E-state index in [1.807, 2.05) is 19.2 Å². The number of ether oxygens (including phenoxy) is 1. The Hall–Kier alpha value is -3.23. The summed E-state index contributed by atoms with van der Waals surface area (Å²) in [6.45, 7) is 7.78. The van der Waals surface area contributed by atoms with E-state index in [1.54, 1.807) is 11.0 Å². The number of benzene rings is 1. The number of nitriles is 1. The van der Waals surface area contributed by atoms with Crippen LogP contribution in [-0.2, 0) is 19.1 Å². The quantitative estimate of drug-likeness (QED) is 0.332. The maximum atomic E-state index is 14.1. The zero-order valence-corrected chi connectivity index (χ0v) is 25.9. The molecule has 12 heteroatoms. The van der Waals surface area contributed by atoms with Crippen LogP contribution < -0.4 is 14.5 Å². The number of halogens is 4. The monoisotopic (exact) mass is 629 g/mol. The Morgan fingerprint density at radius 2 is 1.91 bits per heavy atom. The Kier molecular flexibility index (Phi) is 8.84. The molecule has 1 aromatic carbocycles. The smallest absolute Gasteiger partial charge is 0.419 e. The maximum absolute atomic E-state index is 14.1. The Morgan fingerprint density at radius 1 is 1.11 bits per heavy atom. The second-order valence-electron chi connectivity index (χ2n) is 12.3. The van der Waals surface area contributed by atoms with Gasteiger partial charge in [-0.3, -0.25) is 0 Å². The number of aromatic nitrogens is 2. The van der Waals surface area contributed by atoms with E-state index in [0.717, 1.165) is 56.8 Å². The number of nitrogens with zero attached hydrogens (tertiary/aromatic N) is 7. The van der Waals surface area contributed by atoms with Gasteiger partial charge in [0, 0.05) is 38.3 Å². The zero-order valence-electron chi connectivity index (χ0n) is 25.1. The fraction of sp³-hybridized carbons (Fsp3) is 0.594. The molecule has 2 saturated heterocycles. The van der Waals surface area contributed by atoms with Gasteiger partial charge in [-0.15, -0.1) is 0 Å². The first kappa shape index (κ1) is 30.8. The summed E-state index contributed by atoms with van der Waals surface area (Å²) < 4.78 is 48.9. The molecule has 44 heavy (non-hydrogen) atoms. The highest BCUT2D eigenvalue weighted by Gasteiger charge is 2.47. The lowest BCUT2D eigenvalue weighted by Gasteiger charge is -2.42. The lowest BCUT2D eigenvalue weighted by molar-refractivity contribution is -0.137. The highest BCUT2D eigenvalue weighted by atomic mass is 35.5. The van der Waals surface area contributed by atoms with Gasteiger partial charge in [0.2, 0.25) is 0 Å². The summed E-state index contributed by atoms with van der Waals surface area (Å²) in [7, 11) is 0. The number of piperazine rings is 1. The third-order valence-electron chi connectivity index (χ3n) is 9.33. The number of fused-ring (bicyclic) bond motifs is 1. The van der Waals surface area contributed by atoms with Crippen LogP contribution in [0.4, 0.5) is 24.7 Å². The molecule has 0 spiro atoms. The Bertz CT molecular complexity index is 1420. The van der Waals surface area contributed by atoms with E-state index in [-0.39, 0.29) is 34.9 Å². The van der Waals surface area contributed by atoms with Gasteiger partial charge in [-0.1, -0.05) is 23.7 Å². The summed E-state index contributed by atoms with van der Waals surface area (Å²) in [5.41, 5.74) is 0.534. The van der Waals surface area contributed by atoms with Gasteiger partial charge in [-0.05, 0) is 76.9 Å². The Morgan fingerprint density at radius 3 is 2.61 bits per heavy atom. The van der Waals surface area contributed by atoms with Crippen molar-refractivity contribution in [3.05, 3.63) is 52.3 Å². The van der Waals surface area contributed by atoms with Crippen LogP contribution in [0.15, 0.2) is 30.5 Å². The summed E-state index contributed by atoms with van der Waals surface area (Å²) in [4.78, 5) is 18.4. The number of hydrogen-bond acceptors (Lipinski definition) is 8. The van der Waals surface area contributed by atoms with Gasteiger partial charge in [-0.25, -0.2) is 0 Å². The fourth-order valence-corrected chi connectivity index (χ4v) is 7.08. The first-order valence-electron chi connectivity index (χ1n) is 15.6.